The Morgan fingerprint density at radius 2 is 2.58 bits per heavy atom. The zero-order chi connectivity index (χ0) is 8.97. The fourth-order valence-electron chi connectivity index (χ4n) is 1.04. The van der Waals surface area contributed by atoms with Crippen LogP contribution in [0.15, 0.2) is 0 Å². The first-order valence-corrected chi connectivity index (χ1v) is 3.77. The lowest BCUT2D eigenvalue weighted by molar-refractivity contribution is -0.184. The molecule has 1 atom stereocenters. The van der Waals surface area contributed by atoms with E-state index in [4.69, 9.17) is 14.6 Å². The molecule has 0 aromatic rings. The summed E-state index contributed by atoms with van der Waals surface area (Å²) in [5.74, 6) is -0.920. The molecule has 67 valence electrons. The Kier molecular flexibility index (Phi) is 3.52. The molecule has 0 aliphatic carbocycles. The summed E-state index contributed by atoms with van der Waals surface area (Å²) in [4.78, 5) is 10.6. The summed E-state index contributed by atoms with van der Waals surface area (Å²) < 4.78 is 10.0. The van der Waals surface area contributed by atoms with Crippen LogP contribution in [0.5, 0.6) is 0 Å². The van der Waals surface area contributed by atoms with Gasteiger partial charge < -0.3 is 14.6 Å². The minimum absolute atomic E-state index is 0.184. The molecule has 0 aromatic carbocycles. The Balaban J connectivity index is 2.48. The fourth-order valence-corrected chi connectivity index (χ4v) is 1.04. The van der Waals surface area contributed by atoms with Crippen molar-refractivity contribution in [1.82, 2.24) is 5.06 Å². The third-order valence-corrected chi connectivity index (χ3v) is 1.61. The maximum Gasteiger partial charge on any atom is 0.325 e. The topological polar surface area (TPSA) is 59.0 Å². The van der Waals surface area contributed by atoms with E-state index in [2.05, 4.69) is 0 Å². The predicted molar refractivity (Wildman–Crippen MR) is 41.7 cm³/mol. The molecule has 6 heteroatoms. The second-order valence-corrected chi connectivity index (χ2v) is 2.41. The monoisotopic (exact) mass is 172 g/mol. The number of ether oxygens (including phenoxy) is 1. The van der Waals surface area contributed by atoms with E-state index in [0.29, 0.717) is 13.2 Å². The van der Waals surface area contributed by atoms with Crippen LogP contribution in [0.2, 0.25) is 6.82 Å². The van der Waals surface area contributed by atoms with E-state index in [9.17, 15) is 4.79 Å². The van der Waals surface area contributed by atoms with Gasteiger partial charge >= 0.3 is 13.5 Å². The van der Waals surface area contributed by atoms with Crippen LogP contribution >= 0.6 is 0 Å². The number of aliphatic carboxylic acids is 1. The molecule has 1 aliphatic rings. The number of carboxylic acids is 1. The molecule has 1 fully saturated rings. The molecule has 5 nitrogen and oxygen atoms in total. The first-order chi connectivity index (χ1) is 5.75. The molecule has 1 rings (SSSR count). The predicted octanol–water partition coefficient (Wildman–Crippen LogP) is -0.629. The molecule has 0 bridgehead atoms. The van der Waals surface area contributed by atoms with E-state index in [0.717, 1.165) is 0 Å². The molecule has 0 saturated carbocycles. The molecular weight excluding hydrogens is 161 g/mol. The van der Waals surface area contributed by atoms with Gasteiger partial charge in [0, 0.05) is 6.54 Å². The SMILES string of the molecule is C[B]ON1CCOC[C@@H]1C(=O)O. The number of hydrogen-bond donors (Lipinski definition) is 1. The molecule has 0 amide bonds. The highest BCUT2D eigenvalue weighted by atomic mass is 16.7. The average molecular weight is 172 g/mol. The lowest BCUT2D eigenvalue weighted by Gasteiger charge is -2.31. The minimum Gasteiger partial charge on any atom is -0.480 e. The first-order valence-electron chi connectivity index (χ1n) is 3.77. The van der Waals surface area contributed by atoms with Gasteiger partial charge in [0.25, 0.3) is 0 Å². The van der Waals surface area contributed by atoms with Crippen LogP contribution in [0.1, 0.15) is 0 Å². The number of nitrogens with zero attached hydrogens (tertiary/aromatic N) is 1. The molecule has 1 saturated heterocycles. The van der Waals surface area contributed by atoms with Crippen LogP contribution in [0.4, 0.5) is 0 Å². The average Bonchev–Trinajstić information content (AvgIpc) is 2.05. The second kappa shape index (κ2) is 4.44. The number of hydrogen-bond acceptors (Lipinski definition) is 4. The van der Waals surface area contributed by atoms with Crippen molar-refractivity contribution in [2.75, 3.05) is 19.8 Å². The smallest absolute Gasteiger partial charge is 0.325 e. The molecule has 12 heavy (non-hydrogen) atoms. The summed E-state index contributed by atoms with van der Waals surface area (Å²) >= 11 is 0. The highest BCUT2D eigenvalue weighted by molar-refractivity contribution is 6.24. The zero-order valence-corrected chi connectivity index (χ0v) is 6.90. The Hall–Kier alpha value is -0.585. The van der Waals surface area contributed by atoms with Gasteiger partial charge in [0.1, 0.15) is 0 Å². The van der Waals surface area contributed by atoms with Crippen LogP contribution in [0, 0.1) is 0 Å². The van der Waals surface area contributed by atoms with Crippen molar-refractivity contribution in [1.29, 1.82) is 0 Å². The first kappa shape index (κ1) is 9.50. The van der Waals surface area contributed by atoms with Gasteiger partial charge in [0.05, 0.1) is 13.2 Å². The lowest BCUT2D eigenvalue weighted by atomic mass is 10.1. The zero-order valence-electron chi connectivity index (χ0n) is 6.90. The maximum atomic E-state index is 10.6. The molecule has 1 heterocycles. The Morgan fingerprint density at radius 3 is 3.17 bits per heavy atom. The van der Waals surface area contributed by atoms with Crippen LogP contribution in [0.25, 0.3) is 0 Å². The molecular formula is C6H11BNO4. The minimum atomic E-state index is -0.920. The van der Waals surface area contributed by atoms with Crippen molar-refractivity contribution < 1.29 is 19.4 Å². The largest absolute Gasteiger partial charge is 0.480 e. The summed E-state index contributed by atoms with van der Waals surface area (Å²) in [5.41, 5.74) is 0. The summed E-state index contributed by atoms with van der Waals surface area (Å²) in [6.45, 7) is 2.89. The van der Waals surface area contributed by atoms with Gasteiger partial charge in [-0.25, -0.2) is 0 Å². The van der Waals surface area contributed by atoms with E-state index in [1.807, 2.05) is 0 Å². The standard InChI is InChI=1S/C6H11BNO4/c1-7-12-8-2-3-11-4-5(8)6(9)10/h5H,2-4H2,1H3,(H,9,10)/t5-/m1/s1. The number of carbonyl (C=O) groups is 1. The van der Waals surface area contributed by atoms with Crippen molar-refractivity contribution in [3.63, 3.8) is 0 Å². The third kappa shape index (κ3) is 2.20. The number of carboxylic acid groups (broad SMARTS) is 1. The highest BCUT2D eigenvalue weighted by Crippen LogP contribution is 2.06. The van der Waals surface area contributed by atoms with Crippen LogP contribution in [-0.2, 0) is 14.3 Å². The van der Waals surface area contributed by atoms with Gasteiger partial charge in [0.2, 0.25) is 0 Å². The van der Waals surface area contributed by atoms with Gasteiger partial charge in [-0.1, -0.05) is 6.82 Å². The van der Waals surface area contributed by atoms with Gasteiger partial charge in [-0.05, 0) is 0 Å². The molecule has 1 aliphatic heterocycles. The van der Waals surface area contributed by atoms with E-state index in [-0.39, 0.29) is 6.61 Å². The van der Waals surface area contributed by atoms with Crippen LogP contribution in [0.3, 0.4) is 0 Å². The maximum absolute atomic E-state index is 10.6. The van der Waals surface area contributed by atoms with Crippen molar-refractivity contribution in [2.45, 2.75) is 12.9 Å². The van der Waals surface area contributed by atoms with Gasteiger partial charge in [-0.15, -0.1) is 0 Å². The molecule has 1 radical (unpaired) electrons. The number of rotatable bonds is 3. The van der Waals surface area contributed by atoms with E-state index < -0.39 is 12.0 Å². The Labute approximate surface area is 71.5 Å². The summed E-state index contributed by atoms with van der Waals surface area (Å²) in [5, 5.41) is 10.1. The van der Waals surface area contributed by atoms with E-state index >= 15 is 0 Å². The summed E-state index contributed by atoms with van der Waals surface area (Å²) in [6.07, 6.45) is 0. The van der Waals surface area contributed by atoms with Crippen molar-refractivity contribution >= 4 is 13.5 Å². The highest BCUT2D eigenvalue weighted by Gasteiger charge is 2.29. The summed E-state index contributed by atoms with van der Waals surface area (Å²) in [6, 6.07) is -0.685. The van der Waals surface area contributed by atoms with E-state index in [1.165, 1.54) is 12.5 Å². The lowest BCUT2D eigenvalue weighted by Crippen LogP contribution is -2.49. The van der Waals surface area contributed by atoms with Crippen molar-refractivity contribution in [2.24, 2.45) is 0 Å². The fraction of sp³-hybridized carbons (Fsp3) is 0.833. The van der Waals surface area contributed by atoms with Gasteiger partial charge in [-0.2, -0.15) is 5.06 Å². The molecule has 0 spiro atoms. The second-order valence-electron chi connectivity index (χ2n) is 2.41. The normalized spacial score (nSPS) is 25.2. The van der Waals surface area contributed by atoms with Crippen molar-refractivity contribution in [3.05, 3.63) is 0 Å². The summed E-state index contributed by atoms with van der Waals surface area (Å²) in [7, 11) is 1.46. The molecule has 1 N–H and O–H groups in total. The quantitative estimate of drug-likeness (QED) is 0.574. The van der Waals surface area contributed by atoms with E-state index in [1.54, 1.807) is 6.82 Å². The molecule has 0 aromatic heterocycles. The Bertz CT molecular complexity index is 164. The number of hydroxylamine groups is 2. The van der Waals surface area contributed by atoms with Crippen LogP contribution in [-0.4, -0.2) is 49.4 Å². The van der Waals surface area contributed by atoms with Gasteiger partial charge in [0.15, 0.2) is 6.04 Å². The Morgan fingerprint density at radius 1 is 1.83 bits per heavy atom. The molecule has 0 unspecified atom stereocenters. The van der Waals surface area contributed by atoms with Crippen molar-refractivity contribution in [3.8, 4) is 0 Å². The third-order valence-electron chi connectivity index (χ3n) is 1.61. The van der Waals surface area contributed by atoms with Crippen LogP contribution < -0.4 is 0 Å². The van der Waals surface area contributed by atoms with Gasteiger partial charge in [-0.3, -0.25) is 4.79 Å². The number of morpholine rings is 1.